The number of rotatable bonds is 6. The molecular weight excluding hydrogens is 368 g/mol. The molecule has 0 radical (unpaired) electrons. The van der Waals surface area contributed by atoms with Crippen molar-refractivity contribution in [1.82, 2.24) is 10.6 Å². The average Bonchev–Trinajstić information content (AvgIpc) is 2.68. The molecule has 1 atom stereocenters. The van der Waals surface area contributed by atoms with Gasteiger partial charge in [-0.3, -0.25) is 15.8 Å². The Morgan fingerprint density at radius 1 is 1.24 bits per heavy atom. The molecule has 1 unspecified atom stereocenters. The van der Waals surface area contributed by atoms with Crippen molar-refractivity contribution in [3.63, 3.8) is 0 Å². The minimum absolute atomic E-state index is 0.0517. The van der Waals surface area contributed by atoms with E-state index >= 15 is 0 Å². The largest absolute Gasteiger partial charge is 0.330 e. The van der Waals surface area contributed by atoms with E-state index in [-0.39, 0.29) is 5.70 Å². The highest BCUT2D eigenvalue weighted by Crippen LogP contribution is 2.34. The molecule has 0 saturated heterocycles. The van der Waals surface area contributed by atoms with Crippen LogP contribution in [0, 0.1) is 35.8 Å². The fourth-order valence-electron chi connectivity index (χ4n) is 4.29. The van der Waals surface area contributed by atoms with Gasteiger partial charge in [0.25, 0.3) is 0 Å². The van der Waals surface area contributed by atoms with Gasteiger partial charge in [-0.05, 0) is 75.5 Å². The van der Waals surface area contributed by atoms with E-state index in [9.17, 15) is 10.1 Å². The molecule has 8 heteroatoms. The molecule has 8 nitrogen and oxygen atoms in total. The van der Waals surface area contributed by atoms with Crippen molar-refractivity contribution in [1.29, 1.82) is 0 Å². The number of aryl methyl sites for hydroxylation is 2. The lowest BCUT2D eigenvalue weighted by molar-refractivity contribution is -0.437. The molecule has 0 aromatic heterocycles. The Balaban J connectivity index is 1.74. The molecule has 6 N–H and O–H groups in total. The van der Waals surface area contributed by atoms with Gasteiger partial charge in [0.05, 0.1) is 17.7 Å². The lowest BCUT2D eigenvalue weighted by Gasteiger charge is -2.37. The maximum atomic E-state index is 11.6. The summed E-state index contributed by atoms with van der Waals surface area (Å²) in [6.45, 7) is 5.27. The van der Waals surface area contributed by atoms with Crippen LogP contribution in [0.25, 0.3) is 0 Å². The molecule has 158 valence electrons. The SMILES string of the molecule is Cc1ccc(C)c(CN=C2NC=C([N+](=O)[O-])C(N)(CC3CCC(CN)CC3)N2)c1. The Morgan fingerprint density at radius 2 is 1.93 bits per heavy atom. The molecule has 0 amide bonds. The second-order valence-electron chi connectivity index (χ2n) is 8.45. The maximum absolute atomic E-state index is 11.6. The summed E-state index contributed by atoms with van der Waals surface area (Å²) in [4.78, 5) is 15.8. The lowest BCUT2D eigenvalue weighted by Crippen LogP contribution is -2.64. The van der Waals surface area contributed by atoms with Crippen molar-refractivity contribution in [2.24, 2.45) is 28.3 Å². The van der Waals surface area contributed by atoms with Crippen LogP contribution in [0.1, 0.15) is 48.8 Å². The standard InChI is InChI=1S/C21H32N6O2/c1-14-3-4-15(2)18(9-14)12-24-20-25-13-19(27(28)29)21(23,26-20)10-16-5-7-17(11-22)8-6-16/h3-4,9,13,16-17H,5-8,10-12,22-23H2,1-2H3,(H2,24,25,26). The highest BCUT2D eigenvalue weighted by molar-refractivity contribution is 5.83. The second-order valence-corrected chi connectivity index (χ2v) is 8.45. The van der Waals surface area contributed by atoms with Crippen LogP contribution in [0.15, 0.2) is 35.1 Å². The van der Waals surface area contributed by atoms with E-state index in [2.05, 4.69) is 33.8 Å². The Kier molecular flexibility index (Phi) is 6.54. The predicted molar refractivity (Wildman–Crippen MR) is 114 cm³/mol. The summed E-state index contributed by atoms with van der Waals surface area (Å²) in [5.74, 6) is 1.35. The summed E-state index contributed by atoms with van der Waals surface area (Å²) in [6, 6.07) is 6.24. The second kappa shape index (κ2) is 8.92. The number of nitrogens with zero attached hydrogens (tertiary/aromatic N) is 2. The quantitative estimate of drug-likeness (QED) is 0.428. The first-order chi connectivity index (χ1) is 13.8. The molecule has 3 rings (SSSR count). The van der Waals surface area contributed by atoms with Crippen LogP contribution in [-0.2, 0) is 6.54 Å². The fraction of sp³-hybridized carbons (Fsp3) is 0.571. The Morgan fingerprint density at radius 3 is 2.59 bits per heavy atom. The van der Waals surface area contributed by atoms with Crippen LogP contribution in [0.3, 0.4) is 0 Å². The van der Waals surface area contributed by atoms with Crippen LogP contribution < -0.4 is 22.1 Å². The Hall–Kier alpha value is -2.45. The number of nitrogens with one attached hydrogen (secondary N) is 2. The number of hydrogen-bond donors (Lipinski definition) is 4. The van der Waals surface area contributed by atoms with Crippen molar-refractivity contribution < 1.29 is 4.92 Å². The summed E-state index contributed by atoms with van der Waals surface area (Å²) in [7, 11) is 0. The molecule has 1 heterocycles. The number of nitrogens with two attached hydrogens (primary N) is 2. The van der Waals surface area contributed by atoms with Crippen molar-refractivity contribution in [2.75, 3.05) is 6.54 Å². The lowest BCUT2D eigenvalue weighted by atomic mass is 9.77. The van der Waals surface area contributed by atoms with E-state index in [1.54, 1.807) is 0 Å². The third-order valence-electron chi connectivity index (χ3n) is 6.16. The predicted octanol–water partition coefficient (Wildman–Crippen LogP) is 2.28. The Bertz CT molecular complexity index is 813. The molecule has 0 bridgehead atoms. The van der Waals surface area contributed by atoms with Crippen molar-refractivity contribution in [3.05, 3.63) is 56.9 Å². The van der Waals surface area contributed by atoms with E-state index in [0.717, 1.165) is 36.8 Å². The van der Waals surface area contributed by atoms with Crippen LogP contribution in [-0.4, -0.2) is 23.1 Å². The normalized spacial score (nSPS) is 28.4. The summed E-state index contributed by atoms with van der Waals surface area (Å²) >= 11 is 0. The van der Waals surface area contributed by atoms with Crippen LogP contribution in [0.2, 0.25) is 0 Å². The number of guanidine groups is 1. The van der Waals surface area contributed by atoms with Gasteiger partial charge in [-0.15, -0.1) is 0 Å². The van der Waals surface area contributed by atoms with E-state index in [0.29, 0.717) is 37.3 Å². The number of hydrogen-bond acceptors (Lipinski definition) is 5. The summed E-state index contributed by atoms with van der Waals surface area (Å²) in [6.07, 6.45) is 5.98. The zero-order chi connectivity index (χ0) is 21.0. The first-order valence-corrected chi connectivity index (χ1v) is 10.3. The van der Waals surface area contributed by atoms with Gasteiger partial charge < -0.3 is 16.4 Å². The number of benzene rings is 1. The number of aliphatic imine (C=N–C) groups is 1. The van der Waals surface area contributed by atoms with Gasteiger partial charge in [-0.1, -0.05) is 23.8 Å². The van der Waals surface area contributed by atoms with Crippen molar-refractivity contribution >= 4 is 5.96 Å². The minimum Gasteiger partial charge on any atom is -0.330 e. The zero-order valence-electron chi connectivity index (χ0n) is 17.3. The number of nitro groups is 1. The first-order valence-electron chi connectivity index (χ1n) is 10.3. The van der Waals surface area contributed by atoms with Gasteiger partial charge in [0.2, 0.25) is 0 Å². The van der Waals surface area contributed by atoms with E-state index < -0.39 is 10.6 Å². The smallest absolute Gasteiger partial charge is 0.301 e. The molecular formula is C21H32N6O2. The van der Waals surface area contributed by atoms with E-state index in [1.807, 2.05) is 13.8 Å². The van der Waals surface area contributed by atoms with Gasteiger partial charge in [-0.2, -0.15) is 0 Å². The molecule has 1 aromatic rings. The van der Waals surface area contributed by atoms with Crippen molar-refractivity contribution in [3.8, 4) is 0 Å². The molecule has 0 spiro atoms. The molecule has 1 fully saturated rings. The highest BCUT2D eigenvalue weighted by atomic mass is 16.6. The van der Waals surface area contributed by atoms with Crippen LogP contribution in [0.4, 0.5) is 0 Å². The van der Waals surface area contributed by atoms with Gasteiger partial charge in [-0.25, -0.2) is 4.99 Å². The minimum atomic E-state index is -1.24. The van der Waals surface area contributed by atoms with Crippen LogP contribution >= 0.6 is 0 Å². The van der Waals surface area contributed by atoms with Gasteiger partial charge in [0.1, 0.15) is 0 Å². The summed E-state index contributed by atoms with van der Waals surface area (Å²) < 4.78 is 0. The molecule has 1 saturated carbocycles. The van der Waals surface area contributed by atoms with Crippen LogP contribution in [0.5, 0.6) is 0 Å². The summed E-state index contributed by atoms with van der Waals surface area (Å²) in [5, 5.41) is 17.6. The van der Waals surface area contributed by atoms with Gasteiger partial charge in [0.15, 0.2) is 11.6 Å². The van der Waals surface area contributed by atoms with Gasteiger partial charge in [0, 0.05) is 0 Å². The fourth-order valence-corrected chi connectivity index (χ4v) is 4.29. The summed E-state index contributed by atoms with van der Waals surface area (Å²) in [5.41, 5.74) is 14.5. The molecule has 1 aliphatic carbocycles. The van der Waals surface area contributed by atoms with Crippen molar-refractivity contribution in [2.45, 2.75) is 58.2 Å². The topological polar surface area (TPSA) is 132 Å². The maximum Gasteiger partial charge on any atom is 0.301 e. The Labute approximate surface area is 172 Å². The zero-order valence-corrected chi connectivity index (χ0v) is 17.3. The molecule has 1 aromatic carbocycles. The molecule has 29 heavy (non-hydrogen) atoms. The van der Waals surface area contributed by atoms with E-state index in [4.69, 9.17) is 11.5 Å². The molecule has 2 aliphatic rings. The molecule has 1 aliphatic heterocycles. The highest BCUT2D eigenvalue weighted by Gasteiger charge is 2.44. The third kappa shape index (κ3) is 5.13. The first kappa shape index (κ1) is 21.3. The average molecular weight is 401 g/mol. The van der Waals surface area contributed by atoms with Gasteiger partial charge >= 0.3 is 5.70 Å². The monoisotopic (exact) mass is 400 g/mol. The van der Waals surface area contributed by atoms with E-state index in [1.165, 1.54) is 11.8 Å². The third-order valence-corrected chi connectivity index (χ3v) is 6.16.